The van der Waals surface area contributed by atoms with E-state index in [9.17, 15) is 26.8 Å². The highest BCUT2D eigenvalue weighted by atomic mass is 32.2. The van der Waals surface area contributed by atoms with Crippen molar-refractivity contribution < 1.29 is 31.5 Å². The molecule has 0 aliphatic carbocycles. The molecule has 1 atom stereocenters. The smallest absolute Gasteiger partial charge is 0.341 e. The van der Waals surface area contributed by atoms with Gasteiger partial charge in [-0.2, -0.15) is 0 Å². The first-order valence-corrected chi connectivity index (χ1v) is 9.49. The van der Waals surface area contributed by atoms with Crippen LogP contribution in [0, 0.1) is 11.6 Å². The molecule has 0 aliphatic rings. The number of halogens is 2. The van der Waals surface area contributed by atoms with Crippen LogP contribution in [0.1, 0.15) is 17.3 Å². The van der Waals surface area contributed by atoms with Crippen LogP contribution in [0.25, 0.3) is 0 Å². The molecule has 10 heteroatoms. The summed E-state index contributed by atoms with van der Waals surface area (Å²) in [4.78, 5) is 24.3. The number of anilines is 2. The molecule has 0 aliphatic heterocycles. The molecule has 7 nitrogen and oxygen atoms in total. The Morgan fingerprint density at radius 1 is 1.07 bits per heavy atom. The summed E-state index contributed by atoms with van der Waals surface area (Å²) >= 11 is 0. The summed E-state index contributed by atoms with van der Waals surface area (Å²) in [6.07, 6.45) is -0.440. The maximum Gasteiger partial charge on any atom is 0.341 e. The van der Waals surface area contributed by atoms with Gasteiger partial charge >= 0.3 is 5.97 Å². The molecule has 0 fully saturated rings. The van der Waals surface area contributed by atoms with Crippen LogP contribution in [0.15, 0.2) is 42.5 Å². The van der Waals surface area contributed by atoms with Crippen molar-refractivity contribution in [2.24, 2.45) is 0 Å². The van der Waals surface area contributed by atoms with Crippen LogP contribution in [0.3, 0.4) is 0 Å². The van der Waals surface area contributed by atoms with E-state index < -0.39 is 45.3 Å². The van der Waals surface area contributed by atoms with Crippen molar-refractivity contribution in [2.75, 3.05) is 16.3 Å². The molecular formula is C17H16F2N2O5S. The Morgan fingerprint density at radius 2 is 1.74 bits per heavy atom. The highest BCUT2D eigenvalue weighted by Gasteiger charge is 2.22. The molecule has 0 heterocycles. The molecule has 2 aromatic rings. The van der Waals surface area contributed by atoms with E-state index >= 15 is 0 Å². The first kappa shape index (κ1) is 20.3. The predicted molar refractivity (Wildman–Crippen MR) is 94.8 cm³/mol. The maximum atomic E-state index is 13.6. The second-order valence-corrected chi connectivity index (χ2v) is 7.33. The molecule has 0 spiro atoms. The first-order chi connectivity index (χ1) is 12.6. The minimum absolute atomic E-state index is 0.0196. The van der Waals surface area contributed by atoms with Crippen molar-refractivity contribution in [1.82, 2.24) is 0 Å². The summed E-state index contributed by atoms with van der Waals surface area (Å²) in [5.74, 6) is -3.46. The maximum absolute atomic E-state index is 13.6. The van der Waals surface area contributed by atoms with Crippen molar-refractivity contribution >= 4 is 33.3 Å². The molecule has 2 aromatic carbocycles. The number of nitrogens with one attached hydrogen (secondary N) is 2. The fourth-order valence-electron chi connectivity index (χ4n) is 2.06. The number of ether oxygens (including phenoxy) is 1. The van der Waals surface area contributed by atoms with E-state index in [1.807, 2.05) is 0 Å². The number of hydrogen-bond acceptors (Lipinski definition) is 5. The Labute approximate surface area is 154 Å². The fourth-order valence-corrected chi connectivity index (χ4v) is 2.63. The van der Waals surface area contributed by atoms with Gasteiger partial charge in [0.1, 0.15) is 11.6 Å². The second-order valence-electron chi connectivity index (χ2n) is 5.58. The van der Waals surface area contributed by atoms with Crippen molar-refractivity contribution in [2.45, 2.75) is 13.0 Å². The van der Waals surface area contributed by atoms with E-state index in [0.717, 1.165) is 24.5 Å². The molecule has 144 valence electrons. The first-order valence-electron chi connectivity index (χ1n) is 7.60. The van der Waals surface area contributed by atoms with E-state index in [4.69, 9.17) is 4.74 Å². The van der Waals surface area contributed by atoms with E-state index in [0.29, 0.717) is 0 Å². The Bertz CT molecular complexity index is 979. The summed E-state index contributed by atoms with van der Waals surface area (Å²) < 4.78 is 56.6. The lowest BCUT2D eigenvalue weighted by molar-refractivity contribution is -0.123. The zero-order valence-corrected chi connectivity index (χ0v) is 15.1. The summed E-state index contributed by atoms with van der Waals surface area (Å²) in [6, 6.07) is 8.17. The van der Waals surface area contributed by atoms with Gasteiger partial charge in [0.2, 0.25) is 10.0 Å². The van der Waals surface area contributed by atoms with Gasteiger partial charge in [-0.1, -0.05) is 12.1 Å². The van der Waals surface area contributed by atoms with E-state index in [1.54, 1.807) is 0 Å². The Kier molecular flexibility index (Phi) is 6.11. The molecule has 27 heavy (non-hydrogen) atoms. The van der Waals surface area contributed by atoms with Gasteiger partial charge in [-0.25, -0.2) is 22.0 Å². The van der Waals surface area contributed by atoms with Crippen molar-refractivity contribution in [1.29, 1.82) is 0 Å². The van der Waals surface area contributed by atoms with Crippen LogP contribution in [0.5, 0.6) is 0 Å². The van der Waals surface area contributed by atoms with Crippen molar-refractivity contribution in [3.63, 3.8) is 0 Å². The lowest BCUT2D eigenvalue weighted by atomic mass is 10.2. The van der Waals surface area contributed by atoms with Crippen LogP contribution < -0.4 is 10.0 Å². The lowest BCUT2D eigenvalue weighted by Gasteiger charge is -2.15. The Balaban J connectivity index is 2.11. The summed E-state index contributed by atoms with van der Waals surface area (Å²) in [5, 5.41) is 2.12. The van der Waals surface area contributed by atoms with Gasteiger partial charge in [-0.05, 0) is 31.2 Å². The quantitative estimate of drug-likeness (QED) is 0.728. The SMILES string of the molecule is C[C@@H](OC(=O)c1ccccc1NS(C)(=O)=O)C(=O)Nc1cc(F)ccc1F. The van der Waals surface area contributed by atoms with Gasteiger partial charge in [0.15, 0.2) is 6.10 Å². The summed E-state index contributed by atoms with van der Waals surface area (Å²) in [7, 11) is -3.64. The number of rotatable bonds is 6. The van der Waals surface area contributed by atoms with E-state index in [2.05, 4.69) is 10.0 Å². The second kappa shape index (κ2) is 8.12. The molecule has 0 saturated carbocycles. The Hall–Kier alpha value is -3.01. The number of esters is 1. The molecule has 0 aromatic heterocycles. The number of benzene rings is 2. The largest absolute Gasteiger partial charge is 0.449 e. The van der Waals surface area contributed by atoms with E-state index in [-0.39, 0.29) is 11.3 Å². The van der Waals surface area contributed by atoms with Gasteiger partial charge in [0.25, 0.3) is 5.91 Å². The predicted octanol–water partition coefficient (Wildman–Crippen LogP) is 2.52. The third-order valence-electron chi connectivity index (χ3n) is 3.28. The van der Waals surface area contributed by atoms with Gasteiger partial charge in [-0.15, -0.1) is 0 Å². The van der Waals surface area contributed by atoms with Crippen LogP contribution in [-0.2, 0) is 19.6 Å². The molecule has 1 amide bonds. The fraction of sp³-hybridized carbons (Fsp3) is 0.176. The van der Waals surface area contributed by atoms with Gasteiger partial charge in [0.05, 0.1) is 23.2 Å². The monoisotopic (exact) mass is 398 g/mol. The van der Waals surface area contributed by atoms with Crippen molar-refractivity contribution in [3.8, 4) is 0 Å². The van der Waals surface area contributed by atoms with Crippen LogP contribution in [0.2, 0.25) is 0 Å². The average molecular weight is 398 g/mol. The molecular weight excluding hydrogens is 382 g/mol. The zero-order valence-electron chi connectivity index (χ0n) is 14.3. The minimum atomic E-state index is -3.64. The molecule has 0 radical (unpaired) electrons. The zero-order chi connectivity index (χ0) is 20.2. The number of hydrogen-bond donors (Lipinski definition) is 2. The van der Waals surface area contributed by atoms with E-state index in [1.165, 1.54) is 31.2 Å². The standard InChI is InChI=1S/C17H16F2N2O5S/c1-10(16(22)20-15-9-11(18)7-8-13(15)19)26-17(23)12-5-3-4-6-14(12)21-27(2,24)25/h3-10,21H,1-2H3,(H,20,22)/t10-/m1/s1. The normalized spacial score (nSPS) is 12.1. The molecule has 0 saturated heterocycles. The number of carbonyl (C=O) groups is 2. The number of sulfonamides is 1. The molecule has 0 unspecified atom stereocenters. The van der Waals surface area contributed by atoms with Gasteiger partial charge in [0, 0.05) is 6.07 Å². The molecule has 2 rings (SSSR count). The van der Waals surface area contributed by atoms with Crippen LogP contribution in [0.4, 0.5) is 20.2 Å². The highest BCUT2D eigenvalue weighted by molar-refractivity contribution is 7.92. The van der Waals surface area contributed by atoms with Crippen molar-refractivity contribution in [3.05, 3.63) is 59.7 Å². The lowest BCUT2D eigenvalue weighted by Crippen LogP contribution is -2.30. The Morgan fingerprint density at radius 3 is 2.41 bits per heavy atom. The minimum Gasteiger partial charge on any atom is -0.449 e. The van der Waals surface area contributed by atoms with Crippen LogP contribution in [-0.4, -0.2) is 32.7 Å². The summed E-state index contributed by atoms with van der Waals surface area (Å²) in [6.45, 7) is 1.23. The van der Waals surface area contributed by atoms with Crippen LogP contribution >= 0.6 is 0 Å². The highest BCUT2D eigenvalue weighted by Crippen LogP contribution is 2.19. The molecule has 2 N–H and O–H groups in total. The van der Waals surface area contributed by atoms with Gasteiger partial charge in [-0.3, -0.25) is 9.52 Å². The number of carbonyl (C=O) groups excluding carboxylic acids is 2. The topological polar surface area (TPSA) is 102 Å². The third-order valence-corrected chi connectivity index (χ3v) is 3.87. The number of amides is 1. The third kappa shape index (κ3) is 5.74. The average Bonchev–Trinajstić information content (AvgIpc) is 2.57. The number of para-hydroxylation sites is 1. The summed E-state index contributed by atoms with van der Waals surface area (Å²) in [5.41, 5.74) is -0.532. The van der Waals surface area contributed by atoms with Gasteiger partial charge < -0.3 is 10.1 Å². The molecule has 0 bridgehead atoms.